The molecule has 0 saturated heterocycles. The summed E-state index contributed by atoms with van der Waals surface area (Å²) in [5, 5.41) is 0. The van der Waals surface area contributed by atoms with E-state index < -0.39 is 8.80 Å². The zero-order valence-corrected chi connectivity index (χ0v) is 27.0. The van der Waals surface area contributed by atoms with Crippen molar-refractivity contribution in [2.75, 3.05) is 40.1 Å². The molecule has 0 amide bonds. The SMILES string of the molecule is CCCCCCCCCCOc1cc(/C=C/C(=O)OCCCCCC[Si](OCC)(OCC)OCC)ccc1OC. The van der Waals surface area contributed by atoms with Crippen molar-refractivity contribution in [1.29, 1.82) is 0 Å². The molecule has 0 aliphatic rings. The minimum atomic E-state index is -2.57. The topological polar surface area (TPSA) is 72.5 Å². The number of rotatable bonds is 26. The van der Waals surface area contributed by atoms with Crippen LogP contribution >= 0.6 is 0 Å². The number of hydrogen-bond acceptors (Lipinski definition) is 7. The normalized spacial score (nSPS) is 11.7. The first kappa shape index (κ1) is 36.2. The van der Waals surface area contributed by atoms with Crippen molar-refractivity contribution in [3.8, 4) is 11.5 Å². The summed E-state index contributed by atoms with van der Waals surface area (Å²) in [4.78, 5) is 12.2. The van der Waals surface area contributed by atoms with Gasteiger partial charge in [0.15, 0.2) is 11.5 Å². The van der Waals surface area contributed by atoms with Gasteiger partial charge in [0.05, 0.1) is 20.3 Å². The Balaban J connectivity index is 2.33. The van der Waals surface area contributed by atoms with Crippen LogP contribution in [-0.2, 0) is 22.8 Å². The summed E-state index contributed by atoms with van der Waals surface area (Å²) < 4.78 is 34.5. The highest BCUT2D eigenvalue weighted by Crippen LogP contribution is 2.29. The summed E-state index contributed by atoms with van der Waals surface area (Å²) in [5.74, 6) is 1.06. The summed E-state index contributed by atoms with van der Waals surface area (Å²) in [7, 11) is -0.926. The first-order valence-electron chi connectivity index (χ1n) is 15.6. The van der Waals surface area contributed by atoms with E-state index in [0.717, 1.165) is 43.7 Å². The number of hydrogen-bond donors (Lipinski definition) is 0. The van der Waals surface area contributed by atoms with Crippen LogP contribution in [0.15, 0.2) is 24.3 Å². The Morgan fingerprint density at radius 1 is 0.725 bits per heavy atom. The van der Waals surface area contributed by atoms with E-state index in [-0.39, 0.29) is 5.97 Å². The van der Waals surface area contributed by atoms with Crippen molar-refractivity contribution in [3.63, 3.8) is 0 Å². The van der Waals surface area contributed by atoms with Gasteiger partial charge in [0.25, 0.3) is 0 Å². The van der Waals surface area contributed by atoms with Crippen LogP contribution in [0.5, 0.6) is 11.5 Å². The summed E-state index contributed by atoms with van der Waals surface area (Å²) >= 11 is 0. The van der Waals surface area contributed by atoms with E-state index in [9.17, 15) is 4.79 Å². The summed E-state index contributed by atoms with van der Waals surface area (Å²) in [6.45, 7) is 11.0. The number of carbonyl (C=O) groups excluding carboxylic acids is 1. The number of methoxy groups -OCH3 is 1. The Bertz CT molecular complexity index is 782. The molecule has 230 valence electrons. The average Bonchev–Trinajstić information content (AvgIpc) is 2.95. The highest BCUT2D eigenvalue weighted by Gasteiger charge is 2.39. The maximum Gasteiger partial charge on any atom is 0.500 e. The van der Waals surface area contributed by atoms with Crippen LogP contribution in [0.4, 0.5) is 0 Å². The van der Waals surface area contributed by atoms with Crippen molar-refractivity contribution in [1.82, 2.24) is 0 Å². The second kappa shape index (κ2) is 23.8. The first-order chi connectivity index (χ1) is 19.5. The predicted octanol–water partition coefficient (Wildman–Crippen LogP) is 8.38. The number of carbonyl (C=O) groups is 1. The predicted molar refractivity (Wildman–Crippen MR) is 165 cm³/mol. The highest BCUT2D eigenvalue weighted by molar-refractivity contribution is 6.60. The Morgan fingerprint density at radius 2 is 1.30 bits per heavy atom. The van der Waals surface area contributed by atoms with Gasteiger partial charge in [-0.05, 0) is 63.8 Å². The highest BCUT2D eigenvalue weighted by atomic mass is 28.4. The molecule has 0 unspecified atom stereocenters. The number of benzene rings is 1. The third-order valence-corrected chi connectivity index (χ3v) is 9.72. The van der Waals surface area contributed by atoms with E-state index >= 15 is 0 Å². The van der Waals surface area contributed by atoms with Crippen LogP contribution in [0.25, 0.3) is 6.08 Å². The largest absolute Gasteiger partial charge is 0.500 e. The van der Waals surface area contributed by atoms with Gasteiger partial charge in [-0.3, -0.25) is 0 Å². The summed E-state index contributed by atoms with van der Waals surface area (Å²) in [5.41, 5.74) is 0.870. The van der Waals surface area contributed by atoms with Crippen LogP contribution in [0.3, 0.4) is 0 Å². The fourth-order valence-electron chi connectivity index (χ4n) is 4.51. The Labute approximate surface area is 245 Å². The average molecular weight is 581 g/mol. The van der Waals surface area contributed by atoms with Crippen molar-refractivity contribution in [3.05, 3.63) is 29.8 Å². The zero-order valence-electron chi connectivity index (χ0n) is 26.0. The van der Waals surface area contributed by atoms with Gasteiger partial charge in [0.2, 0.25) is 0 Å². The van der Waals surface area contributed by atoms with E-state index in [2.05, 4.69) is 6.92 Å². The van der Waals surface area contributed by atoms with Gasteiger partial charge >= 0.3 is 14.8 Å². The van der Waals surface area contributed by atoms with Gasteiger partial charge in [-0.25, -0.2) is 4.79 Å². The van der Waals surface area contributed by atoms with Crippen LogP contribution in [0, 0.1) is 0 Å². The van der Waals surface area contributed by atoms with Crippen molar-refractivity contribution < 1.29 is 32.3 Å². The molecular weight excluding hydrogens is 524 g/mol. The molecule has 1 aromatic carbocycles. The third-order valence-electron chi connectivity index (χ3n) is 6.57. The minimum Gasteiger partial charge on any atom is -0.493 e. The lowest BCUT2D eigenvalue weighted by Crippen LogP contribution is -2.45. The Morgan fingerprint density at radius 3 is 1.90 bits per heavy atom. The molecule has 0 N–H and O–H groups in total. The van der Waals surface area contributed by atoms with E-state index in [0.29, 0.717) is 44.5 Å². The van der Waals surface area contributed by atoms with Crippen molar-refractivity contribution >= 4 is 20.8 Å². The molecular formula is C32H56O7Si. The lowest BCUT2D eigenvalue weighted by molar-refractivity contribution is -0.137. The van der Waals surface area contributed by atoms with Gasteiger partial charge in [-0.1, -0.05) is 70.8 Å². The van der Waals surface area contributed by atoms with Gasteiger partial charge in [0.1, 0.15) is 0 Å². The van der Waals surface area contributed by atoms with Gasteiger partial charge < -0.3 is 27.5 Å². The molecule has 0 aliphatic carbocycles. The molecule has 0 aromatic heterocycles. The van der Waals surface area contributed by atoms with E-state index in [1.54, 1.807) is 13.2 Å². The molecule has 8 heteroatoms. The summed E-state index contributed by atoms with van der Waals surface area (Å²) in [6, 6.07) is 6.50. The minimum absolute atomic E-state index is 0.340. The molecule has 0 atom stereocenters. The van der Waals surface area contributed by atoms with Gasteiger partial charge in [-0.2, -0.15) is 0 Å². The molecule has 40 heavy (non-hydrogen) atoms. The number of ether oxygens (including phenoxy) is 3. The molecule has 0 radical (unpaired) electrons. The molecule has 1 aromatic rings. The van der Waals surface area contributed by atoms with Crippen LogP contribution < -0.4 is 9.47 Å². The fraction of sp³-hybridized carbons (Fsp3) is 0.719. The standard InChI is InChI=1S/C32H56O7Si/c1-6-10-11-12-13-14-15-18-25-35-31-28-29(21-23-30(31)34-5)22-24-32(33)36-26-19-16-17-20-27-40(37-7-2,38-8-3)39-9-4/h21-24,28H,6-20,25-27H2,1-5H3/b24-22+. The molecule has 0 heterocycles. The second-order valence-electron chi connectivity index (χ2n) is 9.88. The van der Waals surface area contributed by atoms with E-state index in [1.807, 2.05) is 39.0 Å². The number of esters is 1. The maximum atomic E-state index is 12.2. The maximum absolute atomic E-state index is 12.2. The monoisotopic (exact) mass is 580 g/mol. The lowest BCUT2D eigenvalue weighted by Gasteiger charge is -2.28. The van der Waals surface area contributed by atoms with Crippen LogP contribution in [-0.4, -0.2) is 54.9 Å². The lowest BCUT2D eigenvalue weighted by atomic mass is 10.1. The van der Waals surface area contributed by atoms with Crippen molar-refractivity contribution in [2.24, 2.45) is 0 Å². The fourth-order valence-corrected chi connectivity index (χ4v) is 7.20. The van der Waals surface area contributed by atoms with E-state index in [1.165, 1.54) is 51.0 Å². The number of unbranched alkanes of at least 4 members (excludes halogenated alkanes) is 10. The quantitative estimate of drug-likeness (QED) is 0.0471. The Kier molecular flexibility index (Phi) is 21.5. The first-order valence-corrected chi connectivity index (χ1v) is 17.5. The van der Waals surface area contributed by atoms with Crippen LogP contribution in [0.2, 0.25) is 6.04 Å². The van der Waals surface area contributed by atoms with Gasteiger partial charge in [-0.15, -0.1) is 0 Å². The zero-order chi connectivity index (χ0) is 29.3. The molecule has 0 aliphatic heterocycles. The van der Waals surface area contributed by atoms with Crippen LogP contribution in [0.1, 0.15) is 110 Å². The van der Waals surface area contributed by atoms with E-state index in [4.69, 9.17) is 27.5 Å². The third kappa shape index (κ3) is 16.4. The molecule has 1 rings (SSSR count). The second-order valence-corrected chi connectivity index (χ2v) is 12.6. The smallest absolute Gasteiger partial charge is 0.493 e. The molecule has 0 spiro atoms. The summed E-state index contributed by atoms with van der Waals surface area (Å²) in [6.07, 6.45) is 17.1. The molecule has 7 nitrogen and oxygen atoms in total. The van der Waals surface area contributed by atoms with Crippen molar-refractivity contribution in [2.45, 2.75) is 111 Å². The Hall–Kier alpha value is -1.87. The molecule has 0 bridgehead atoms. The molecule has 0 fully saturated rings. The van der Waals surface area contributed by atoms with Gasteiger partial charge in [0, 0.05) is 31.9 Å². The molecule has 0 saturated carbocycles.